The largest absolute Gasteiger partial charge is 0.396 e. The van der Waals surface area contributed by atoms with E-state index in [1.54, 1.807) is 12.4 Å². The van der Waals surface area contributed by atoms with Gasteiger partial charge in [-0.3, -0.25) is 4.98 Å². The number of likely N-dealkylation sites (tertiary alicyclic amines) is 1. The molecule has 110 valence electrons. The van der Waals surface area contributed by atoms with Gasteiger partial charge in [-0.1, -0.05) is 6.07 Å². The summed E-state index contributed by atoms with van der Waals surface area (Å²) in [5, 5.41) is 11.9. The van der Waals surface area contributed by atoms with Crippen molar-refractivity contribution in [2.45, 2.75) is 44.7 Å². The fourth-order valence-electron chi connectivity index (χ4n) is 2.87. The molecule has 5 nitrogen and oxygen atoms in total. The van der Waals surface area contributed by atoms with E-state index in [1.165, 1.54) is 0 Å². The van der Waals surface area contributed by atoms with Crippen LogP contribution in [0.5, 0.6) is 0 Å². The number of carbonyl (C=O) groups excluding carboxylic acids is 1. The van der Waals surface area contributed by atoms with E-state index in [4.69, 9.17) is 5.11 Å². The van der Waals surface area contributed by atoms with Gasteiger partial charge in [-0.2, -0.15) is 0 Å². The second kappa shape index (κ2) is 6.70. The van der Waals surface area contributed by atoms with Crippen LogP contribution in [0.4, 0.5) is 4.79 Å². The Balaban J connectivity index is 1.91. The van der Waals surface area contributed by atoms with Crippen molar-refractivity contribution in [3.05, 3.63) is 30.1 Å². The summed E-state index contributed by atoms with van der Waals surface area (Å²) in [5.41, 5.74) is 0.874. The Labute approximate surface area is 120 Å². The van der Waals surface area contributed by atoms with Crippen molar-refractivity contribution in [1.82, 2.24) is 15.2 Å². The Morgan fingerprint density at radius 2 is 2.45 bits per heavy atom. The maximum Gasteiger partial charge on any atom is 0.318 e. The van der Waals surface area contributed by atoms with Crippen molar-refractivity contribution < 1.29 is 9.90 Å². The maximum absolute atomic E-state index is 12.3. The SMILES string of the molecule is C[C@]1(CCCO)CCCN1C(=O)NCc1cccnc1. The van der Waals surface area contributed by atoms with Gasteiger partial charge in [0, 0.05) is 37.6 Å². The fraction of sp³-hybridized carbons (Fsp3) is 0.600. The van der Waals surface area contributed by atoms with Crippen LogP contribution in [-0.2, 0) is 6.54 Å². The first kappa shape index (κ1) is 14.8. The van der Waals surface area contributed by atoms with Gasteiger partial charge < -0.3 is 15.3 Å². The molecule has 0 aromatic carbocycles. The number of aromatic nitrogens is 1. The molecule has 0 radical (unpaired) electrons. The molecule has 1 saturated heterocycles. The molecule has 0 spiro atoms. The molecule has 2 heterocycles. The number of pyridine rings is 1. The standard InChI is InChI=1S/C15H23N3O2/c1-15(7-4-10-19)6-3-9-18(15)14(20)17-12-13-5-2-8-16-11-13/h2,5,8,11,19H,3-4,6-7,9-10,12H2,1H3,(H,17,20)/t15-/m1/s1. The van der Waals surface area contributed by atoms with Crippen LogP contribution in [0.2, 0.25) is 0 Å². The number of rotatable bonds is 5. The zero-order chi connectivity index (χ0) is 14.4. The number of hydrogen-bond acceptors (Lipinski definition) is 3. The van der Waals surface area contributed by atoms with E-state index in [0.717, 1.165) is 37.8 Å². The Bertz CT molecular complexity index is 438. The summed E-state index contributed by atoms with van der Waals surface area (Å²) >= 11 is 0. The summed E-state index contributed by atoms with van der Waals surface area (Å²) in [5.74, 6) is 0. The molecule has 2 amide bonds. The summed E-state index contributed by atoms with van der Waals surface area (Å²) < 4.78 is 0. The highest BCUT2D eigenvalue weighted by Gasteiger charge is 2.38. The van der Waals surface area contributed by atoms with E-state index in [2.05, 4.69) is 17.2 Å². The van der Waals surface area contributed by atoms with Gasteiger partial charge in [-0.05, 0) is 44.2 Å². The minimum absolute atomic E-state index is 0.0215. The van der Waals surface area contributed by atoms with E-state index < -0.39 is 0 Å². The molecule has 2 rings (SSSR count). The van der Waals surface area contributed by atoms with Crippen molar-refractivity contribution in [3.8, 4) is 0 Å². The van der Waals surface area contributed by atoms with Crippen molar-refractivity contribution in [3.63, 3.8) is 0 Å². The van der Waals surface area contributed by atoms with Crippen LogP contribution in [0.1, 0.15) is 38.2 Å². The second-order valence-electron chi connectivity index (χ2n) is 5.60. The smallest absolute Gasteiger partial charge is 0.318 e. The maximum atomic E-state index is 12.3. The molecule has 1 fully saturated rings. The molecule has 2 N–H and O–H groups in total. The van der Waals surface area contributed by atoms with Crippen LogP contribution in [-0.4, -0.2) is 39.7 Å². The third-order valence-electron chi connectivity index (χ3n) is 4.03. The molecule has 0 aliphatic carbocycles. The Morgan fingerprint density at radius 3 is 3.15 bits per heavy atom. The number of urea groups is 1. The predicted molar refractivity (Wildman–Crippen MR) is 77.1 cm³/mol. The molecule has 1 aliphatic heterocycles. The number of hydrogen-bond donors (Lipinski definition) is 2. The van der Waals surface area contributed by atoms with Crippen molar-refractivity contribution in [2.75, 3.05) is 13.2 Å². The summed E-state index contributed by atoms with van der Waals surface area (Å²) in [4.78, 5) is 18.3. The van der Waals surface area contributed by atoms with Crippen LogP contribution in [0.3, 0.4) is 0 Å². The normalized spacial score (nSPS) is 22.0. The van der Waals surface area contributed by atoms with Gasteiger partial charge in [-0.15, -0.1) is 0 Å². The molecule has 1 aliphatic rings. The first-order chi connectivity index (χ1) is 9.65. The second-order valence-corrected chi connectivity index (χ2v) is 5.60. The summed E-state index contributed by atoms with van der Waals surface area (Å²) in [6.45, 7) is 3.58. The predicted octanol–water partition coefficient (Wildman–Crippen LogP) is 1.92. The Morgan fingerprint density at radius 1 is 1.60 bits per heavy atom. The quantitative estimate of drug-likeness (QED) is 0.864. The Hall–Kier alpha value is -1.62. The van der Waals surface area contributed by atoms with Gasteiger partial charge in [0.15, 0.2) is 0 Å². The number of aliphatic hydroxyl groups excluding tert-OH is 1. The molecule has 1 atom stereocenters. The topological polar surface area (TPSA) is 65.5 Å². The molecule has 0 saturated carbocycles. The van der Waals surface area contributed by atoms with E-state index in [9.17, 15) is 4.79 Å². The lowest BCUT2D eigenvalue weighted by atomic mass is 9.93. The van der Waals surface area contributed by atoms with Crippen molar-refractivity contribution in [1.29, 1.82) is 0 Å². The van der Waals surface area contributed by atoms with Gasteiger partial charge >= 0.3 is 6.03 Å². The monoisotopic (exact) mass is 277 g/mol. The number of carbonyl (C=O) groups is 1. The molecule has 5 heteroatoms. The lowest BCUT2D eigenvalue weighted by Gasteiger charge is -2.35. The minimum Gasteiger partial charge on any atom is -0.396 e. The molecular formula is C15H23N3O2. The van der Waals surface area contributed by atoms with Crippen LogP contribution in [0, 0.1) is 0 Å². The minimum atomic E-state index is -0.123. The van der Waals surface area contributed by atoms with E-state index >= 15 is 0 Å². The van der Waals surface area contributed by atoms with Crippen LogP contribution in [0.25, 0.3) is 0 Å². The number of nitrogens with one attached hydrogen (secondary N) is 1. The zero-order valence-electron chi connectivity index (χ0n) is 12.0. The first-order valence-electron chi connectivity index (χ1n) is 7.21. The third-order valence-corrected chi connectivity index (χ3v) is 4.03. The highest BCUT2D eigenvalue weighted by molar-refractivity contribution is 5.75. The Kier molecular flexibility index (Phi) is 4.95. The summed E-state index contributed by atoms with van der Waals surface area (Å²) in [6, 6.07) is 3.79. The lowest BCUT2D eigenvalue weighted by Crippen LogP contribution is -2.49. The van der Waals surface area contributed by atoms with Gasteiger partial charge in [0.25, 0.3) is 0 Å². The third kappa shape index (κ3) is 3.48. The number of aliphatic hydroxyl groups is 1. The molecule has 0 unspecified atom stereocenters. The average Bonchev–Trinajstić information content (AvgIpc) is 2.86. The van der Waals surface area contributed by atoms with Crippen LogP contribution < -0.4 is 5.32 Å². The van der Waals surface area contributed by atoms with Gasteiger partial charge in [0.2, 0.25) is 0 Å². The zero-order valence-corrected chi connectivity index (χ0v) is 12.0. The van der Waals surface area contributed by atoms with E-state index in [1.807, 2.05) is 17.0 Å². The molecule has 1 aromatic heterocycles. The van der Waals surface area contributed by atoms with E-state index in [-0.39, 0.29) is 18.2 Å². The lowest BCUT2D eigenvalue weighted by molar-refractivity contribution is 0.140. The first-order valence-corrected chi connectivity index (χ1v) is 7.21. The van der Waals surface area contributed by atoms with Crippen molar-refractivity contribution >= 4 is 6.03 Å². The highest BCUT2D eigenvalue weighted by atomic mass is 16.3. The van der Waals surface area contributed by atoms with Crippen molar-refractivity contribution in [2.24, 2.45) is 0 Å². The fourth-order valence-corrected chi connectivity index (χ4v) is 2.87. The molecular weight excluding hydrogens is 254 g/mol. The average molecular weight is 277 g/mol. The van der Waals surface area contributed by atoms with E-state index in [0.29, 0.717) is 6.54 Å². The van der Waals surface area contributed by atoms with Gasteiger partial charge in [-0.25, -0.2) is 4.79 Å². The van der Waals surface area contributed by atoms with Crippen LogP contribution >= 0.6 is 0 Å². The number of amides is 2. The molecule has 20 heavy (non-hydrogen) atoms. The molecule has 0 bridgehead atoms. The van der Waals surface area contributed by atoms with Gasteiger partial charge in [0.05, 0.1) is 0 Å². The molecule has 1 aromatic rings. The highest BCUT2D eigenvalue weighted by Crippen LogP contribution is 2.32. The van der Waals surface area contributed by atoms with Crippen LogP contribution in [0.15, 0.2) is 24.5 Å². The summed E-state index contributed by atoms with van der Waals surface area (Å²) in [6.07, 6.45) is 7.11. The number of nitrogens with zero attached hydrogens (tertiary/aromatic N) is 2. The van der Waals surface area contributed by atoms with Gasteiger partial charge in [0.1, 0.15) is 0 Å². The summed E-state index contributed by atoms with van der Waals surface area (Å²) in [7, 11) is 0.